The number of nitrogens with zero attached hydrogens (tertiary/aromatic N) is 1. The minimum atomic E-state index is -0.139. The van der Waals surface area contributed by atoms with Gasteiger partial charge in [0.15, 0.2) is 0 Å². The van der Waals surface area contributed by atoms with Crippen molar-refractivity contribution in [3.05, 3.63) is 54.2 Å². The molecule has 0 aliphatic heterocycles. The molecule has 2 heterocycles. The molecule has 20 heavy (non-hydrogen) atoms. The number of hydrogen-bond acceptors (Lipinski definition) is 5. The molecular weight excluding hydrogens is 254 g/mol. The van der Waals surface area contributed by atoms with Gasteiger partial charge in [0, 0.05) is 25.5 Å². The molecule has 110 valence electrons. The summed E-state index contributed by atoms with van der Waals surface area (Å²) in [6, 6.07) is 7.58. The van der Waals surface area contributed by atoms with Crippen molar-refractivity contribution in [1.29, 1.82) is 0 Å². The van der Waals surface area contributed by atoms with Crippen LogP contribution in [0.1, 0.15) is 36.8 Å². The summed E-state index contributed by atoms with van der Waals surface area (Å²) in [5, 5.41) is 0. The lowest BCUT2D eigenvalue weighted by molar-refractivity contribution is 0.172. The molecule has 0 aromatic carbocycles. The lowest BCUT2D eigenvalue weighted by Crippen LogP contribution is -2.14. The number of furan rings is 1. The summed E-state index contributed by atoms with van der Waals surface area (Å²) < 4.78 is 9.89. The maximum Gasteiger partial charge on any atom is 0.122 e. The predicted octanol–water partition coefficient (Wildman–Crippen LogP) is 2.42. The zero-order valence-electron chi connectivity index (χ0n) is 12.0. The summed E-state index contributed by atoms with van der Waals surface area (Å²) in [4.78, 5) is 3.91. The van der Waals surface area contributed by atoms with Crippen LogP contribution in [-0.2, 0) is 4.74 Å². The van der Waals surface area contributed by atoms with Gasteiger partial charge in [0.05, 0.1) is 18.9 Å². The third-order valence-corrected chi connectivity index (χ3v) is 2.83. The Labute approximate surface area is 119 Å². The molecular formula is C15H23N3O2. The predicted molar refractivity (Wildman–Crippen MR) is 79.0 cm³/mol. The Morgan fingerprint density at radius 3 is 2.40 bits per heavy atom. The molecule has 5 nitrogen and oxygen atoms in total. The van der Waals surface area contributed by atoms with Crippen molar-refractivity contribution in [1.82, 2.24) is 4.98 Å². The third-order valence-electron chi connectivity index (χ3n) is 2.83. The molecule has 2 atom stereocenters. The van der Waals surface area contributed by atoms with Gasteiger partial charge in [-0.1, -0.05) is 6.92 Å². The van der Waals surface area contributed by atoms with Gasteiger partial charge >= 0.3 is 0 Å². The van der Waals surface area contributed by atoms with E-state index >= 15 is 0 Å². The Balaban J connectivity index is 0.000000200. The molecule has 0 bridgehead atoms. The summed E-state index contributed by atoms with van der Waals surface area (Å²) in [5.74, 6) is 0.766. The Bertz CT molecular complexity index is 445. The van der Waals surface area contributed by atoms with Crippen molar-refractivity contribution in [3.8, 4) is 0 Å². The van der Waals surface area contributed by atoms with Crippen LogP contribution in [0, 0.1) is 0 Å². The van der Waals surface area contributed by atoms with Gasteiger partial charge in [0.25, 0.3) is 0 Å². The molecule has 0 fully saturated rings. The highest BCUT2D eigenvalue weighted by atomic mass is 16.5. The van der Waals surface area contributed by atoms with Crippen LogP contribution in [0.4, 0.5) is 0 Å². The number of aromatic nitrogens is 1. The van der Waals surface area contributed by atoms with Gasteiger partial charge in [0.1, 0.15) is 5.76 Å². The lowest BCUT2D eigenvalue weighted by atomic mass is 10.1. The normalized spacial score (nSPS) is 13.2. The number of ether oxygens (including phenoxy) is 1. The summed E-state index contributed by atoms with van der Waals surface area (Å²) in [6.07, 6.45) is 6.12. The maximum absolute atomic E-state index is 5.77. The van der Waals surface area contributed by atoms with Crippen LogP contribution >= 0.6 is 0 Å². The first kappa shape index (κ1) is 16.4. The van der Waals surface area contributed by atoms with Crippen LogP contribution in [0.3, 0.4) is 0 Å². The fourth-order valence-electron chi connectivity index (χ4n) is 1.61. The molecule has 2 rings (SSSR count). The highest BCUT2D eigenvalue weighted by Gasteiger charge is 2.06. The average Bonchev–Trinajstić information content (AvgIpc) is 3.03. The second-order valence-corrected chi connectivity index (χ2v) is 4.37. The summed E-state index contributed by atoms with van der Waals surface area (Å²) in [6.45, 7) is 2.57. The fraction of sp³-hybridized carbons (Fsp3) is 0.400. The number of hydrogen-bond donors (Lipinski definition) is 2. The van der Waals surface area contributed by atoms with E-state index in [0.29, 0.717) is 6.61 Å². The van der Waals surface area contributed by atoms with E-state index in [2.05, 4.69) is 11.9 Å². The highest BCUT2D eigenvalue weighted by molar-refractivity contribution is 5.13. The Morgan fingerprint density at radius 2 is 1.90 bits per heavy atom. The molecule has 2 aromatic heterocycles. The molecule has 0 saturated carbocycles. The third kappa shape index (κ3) is 5.52. The van der Waals surface area contributed by atoms with Gasteiger partial charge in [-0.15, -0.1) is 0 Å². The van der Waals surface area contributed by atoms with E-state index in [1.165, 1.54) is 0 Å². The van der Waals surface area contributed by atoms with Crippen LogP contribution in [0.15, 0.2) is 47.3 Å². The molecule has 0 saturated heterocycles. The van der Waals surface area contributed by atoms with Gasteiger partial charge in [-0.3, -0.25) is 4.98 Å². The number of nitrogens with two attached hydrogens (primary N) is 2. The quantitative estimate of drug-likeness (QED) is 0.876. The number of pyridine rings is 1. The van der Waals surface area contributed by atoms with E-state index < -0.39 is 0 Å². The van der Waals surface area contributed by atoms with Crippen LogP contribution in [0.2, 0.25) is 0 Å². The average molecular weight is 277 g/mol. The van der Waals surface area contributed by atoms with Crippen molar-refractivity contribution in [2.45, 2.75) is 25.4 Å². The first-order valence-corrected chi connectivity index (χ1v) is 6.62. The summed E-state index contributed by atoms with van der Waals surface area (Å²) in [7, 11) is 1.61. The smallest absolute Gasteiger partial charge is 0.122 e. The molecule has 0 spiro atoms. The molecule has 0 amide bonds. The van der Waals surface area contributed by atoms with Gasteiger partial charge in [-0.05, 0) is 36.2 Å². The van der Waals surface area contributed by atoms with E-state index in [1.807, 2.05) is 24.3 Å². The largest absolute Gasteiger partial charge is 0.468 e. The number of rotatable bonds is 5. The Kier molecular flexibility index (Phi) is 7.57. The van der Waals surface area contributed by atoms with Crippen molar-refractivity contribution in [2.24, 2.45) is 11.5 Å². The minimum Gasteiger partial charge on any atom is -0.468 e. The molecule has 1 unspecified atom stereocenters. The molecule has 4 N–H and O–H groups in total. The van der Waals surface area contributed by atoms with Crippen molar-refractivity contribution < 1.29 is 9.15 Å². The molecule has 0 radical (unpaired) electrons. The van der Waals surface area contributed by atoms with Crippen molar-refractivity contribution >= 4 is 0 Å². The topological polar surface area (TPSA) is 87.3 Å². The zero-order chi connectivity index (χ0) is 14.8. The Hall–Kier alpha value is -1.69. The fourth-order valence-corrected chi connectivity index (χ4v) is 1.61. The van der Waals surface area contributed by atoms with Gasteiger partial charge < -0.3 is 20.6 Å². The van der Waals surface area contributed by atoms with E-state index in [9.17, 15) is 0 Å². The SMILES string of the molecule is CC[C@H](N)c1ccncc1.COCC(N)c1ccco1. The van der Waals surface area contributed by atoms with E-state index in [1.54, 1.807) is 25.8 Å². The minimum absolute atomic E-state index is 0.139. The maximum atomic E-state index is 5.77. The second-order valence-electron chi connectivity index (χ2n) is 4.37. The molecule has 0 aliphatic rings. The standard InChI is InChI=1S/C8H12N2.C7H11NO2/c1-2-8(9)7-3-5-10-6-4-7;1-9-5-6(8)7-3-2-4-10-7/h3-6,8H,2,9H2,1H3;2-4,6H,5,8H2,1H3/t8-;/m0./s1. The molecule has 5 heteroatoms. The molecule has 0 aliphatic carbocycles. The summed E-state index contributed by atoms with van der Waals surface area (Å²) in [5.41, 5.74) is 12.6. The zero-order valence-corrected chi connectivity index (χ0v) is 12.0. The van der Waals surface area contributed by atoms with E-state index in [4.69, 9.17) is 20.6 Å². The first-order chi connectivity index (χ1) is 9.69. The molecule has 2 aromatic rings. The van der Waals surface area contributed by atoms with Crippen molar-refractivity contribution in [2.75, 3.05) is 13.7 Å². The van der Waals surface area contributed by atoms with Crippen LogP contribution in [0.25, 0.3) is 0 Å². The van der Waals surface area contributed by atoms with Gasteiger partial charge in [-0.2, -0.15) is 0 Å². The van der Waals surface area contributed by atoms with Crippen LogP contribution < -0.4 is 11.5 Å². The van der Waals surface area contributed by atoms with E-state index in [0.717, 1.165) is 17.7 Å². The van der Waals surface area contributed by atoms with Gasteiger partial charge in [0.2, 0.25) is 0 Å². The van der Waals surface area contributed by atoms with Crippen LogP contribution in [-0.4, -0.2) is 18.7 Å². The number of methoxy groups -OCH3 is 1. The monoisotopic (exact) mass is 277 g/mol. The first-order valence-electron chi connectivity index (χ1n) is 6.62. The lowest BCUT2D eigenvalue weighted by Gasteiger charge is -2.06. The van der Waals surface area contributed by atoms with Crippen molar-refractivity contribution in [3.63, 3.8) is 0 Å². The van der Waals surface area contributed by atoms with Gasteiger partial charge in [-0.25, -0.2) is 0 Å². The Morgan fingerprint density at radius 1 is 1.20 bits per heavy atom. The second kappa shape index (κ2) is 9.25. The van der Waals surface area contributed by atoms with E-state index in [-0.39, 0.29) is 12.1 Å². The summed E-state index contributed by atoms with van der Waals surface area (Å²) >= 11 is 0. The highest BCUT2D eigenvalue weighted by Crippen LogP contribution is 2.10. The van der Waals surface area contributed by atoms with Crippen LogP contribution in [0.5, 0.6) is 0 Å².